The second kappa shape index (κ2) is 13.6. The van der Waals surface area contributed by atoms with E-state index in [0.29, 0.717) is 29.3 Å². The van der Waals surface area contributed by atoms with Crippen LogP contribution in [0.3, 0.4) is 0 Å². The van der Waals surface area contributed by atoms with Gasteiger partial charge in [-0.15, -0.1) is 0 Å². The van der Waals surface area contributed by atoms with E-state index in [9.17, 15) is 23.5 Å². The van der Waals surface area contributed by atoms with Gasteiger partial charge in [-0.3, -0.25) is 9.59 Å². The summed E-state index contributed by atoms with van der Waals surface area (Å²) in [5.41, 5.74) is 5.10. The number of carbonyl (C=O) groups excluding carboxylic acids is 2. The first kappa shape index (κ1) is 34.6. The molecule has 4 N–H and O–H groups in total. The molecule has 260 valence electrons. The Kier molecular flexibility index (Phi) is 9.38. The van der Waals surface area contributed by atoms with E-state index in [1.807, 2.05) is 0 Å². The zero-order valence-electron chi connectivity index (χ0n) is 27.4. The van der Waals surface area contributed by atoms with E-state index in [1.165, 1.54) is 43.3 Å². The summed E-state index contributed by atoms with van der Waals surface area (Å²) in [5, 5.41) is 20.1. The topological polar surface area (TPSA) is 151 Å². The Labute approximate surface area is 290 Å². The number of halogens is 3. The lowest BCUT2D eigenvalue weighted by Crippen LogP contribution is -2.42. The van der Waals surface area contributed by atoms with Crippen LogP contribution < -0.4 is 25.3 Å². The molecule has 1 aliphatic carbocycles. The molecule has 1 aliphatic rings. The first-order valence-corrected chi connectivity index (χ1v) is 16.1. The van der Waals surface area contributed by atoms with Gasteiger partial charge < -0.3 is 30.4 Å². The Morgan fingerprint density at radius 2 is 1.84 bits per heavy atom. The van der Waals surface area contributed by atoms with Crippen LogP contribution in [0.25, 0.3) is 22.2 Å². The van der Waals surface area contributed by atoms with Crippen LogP contribution in [0.1, 0.15) is 46.9 Å². The summed E-state index contributed by atoms with van der Waals surface area (Å²) in [5.74, 6) is -3.36. The number of aromatic nitrogens is 3. The lowest BCUT2D eigenvalue weighted by Gasteiger charge is -2.30. The van der Waals surface area contributed by atoms with Gasteiger partial charge in [-0.1, -0.05) is 41.9 Å². The maximum absolute atomic E-state index is 14.8. The number of carbonyl (C=O) groups is 2. The maximum Gasteiger partial charge on any atom is 0.251 e. The van der Waals surface area contributed by atoms with Crippen LogP contribution in [-0.2, 0) is 22.6 Å². The molecule has 0 saturated heterocycles. The molecular formula is C36H34ClF2N5O6. The number of nitrogens with zero attached hydrogens (tertiary/aromatic N) is 3. The number of rotatable bonds is 13. The van der Waals surface area contributed by atoms with Gasteiger partial charge in [0.1, 0.15) is 28.3 Å². The Hall–Kier alpha value is -5.27. The number of hydrogen-bond donors (Lipinski definition) is 3. The first-order valence-electron chi connectivity index (χ1n) is 15.7. The minimum absolute atomic E-state index is 0.00467. The van der Waals surface area contributed by atoms with Crippen LogP contribution in [0.5, 0.6) is 17.2 Å². The molecule has 0 aliphatic heterocycles. The van der Waals surface area contributed by atoms with Gasteiger partial charge in [0, 0.05) is 41.1 Å². The second-order valence-electron chi connectivity index (χ2n) is 11.9. The van der Waals surface area contributed by atoms with Crippen molar-refractivity contribution in [2.45, 2.75) is 37.6 Å². The van der Waals surface area contributed by atoms with Crippen molar-refractivity contribution in [3.63, 3.8) is 0 Å². The van der Waals surface area contributed by atoms with Crippen molar-refractivity contribution >= 4 is 34.3 Å². The maximum atomic E-state index is 14.8. The number of nitrogens with one attached hydrogen (secondary N) is 1. The monoisotopic (exact) mass is 705 g/mol. The number of aliphatic hydroxyl groups is 1. The predicted molar refractivity (Wildman–Crippen MR) is 182 cm³/mol. The molecule has 2 heterocycles. The second-order valence-corrected chi connectivity index (χ2v) is 12.3. The van der Waals surface area contributed by atoms with Crippen LogP contribution in [-0.4, -0.2) is 59.1 Å². The van der Waals surface area contributed by atoms with E-state index < -0.39 is 35.6 Å². The van der Waals surface area contributed by atoms with Crippen molar-refractivity contribution in [3.8, 4) is 28.5 Å². The van der Waals surface area contributed by atoms with Gasteiger partial charge in [-0.2, -0.15) is 5.10 Å². The fourth-order valence-electron chi connectivity index (χ4n) is 5.80. The van der Waals surface area contributed by atoms with Crippen molar-refractivity contribution in [2.75, 3.05) is 27.4 Å². The lowest BCUT2D eigenvalue weighted by atomic mass is 9.87. The molecule has 0 radical (unpaired) electrons. The van der Waals surface area contributed by atoms with Crippen LogP contribution in [0.4, 0.5) is 8.78 Å². The molecule has 1 fully saturated rings. The molecule has 1 saturated carbocycles. The Bertz CT molecular complexity index is 2110. The molecule has 0 bridgehead atoms. The number of fused-ring (bicyclic) bond motifs is 1. The molecule has 0 spiro atoms. The zero-order chi connectivity index (χ0) is 35.8. The Balaban J connectivity index is 1.46. The molecule has 2 aromatic heterocycles. The quantitative estimate of drug-likeness (QED) is 0.147. The van der Waals surface area contributed by atoms with Crippen LogP contribution >= 0.6 is 11.6 Å². The van der Waals surface area contributed by atoms with Gasteiger partial charge in [0.2, 0.25) is 11.7 Å². The summed E-state index contributed by atoms with van der Waals surface area (Å²) < 4.78 is 47.3. The smallest absolute Gasteiger partial charge is 0.251 e. The summed E-state index contributed by atoms with van der Waals surface area (Å²) in [4.78, 5) is 30.8. The summed E-state index contributed by atoms with van der Waals surface area (Å²) >= 11 is 6.62. The van der Waals surface area contributed by atoms with E-state index in [2.05, 4.69) is 10.4 Å². The molecule has 0 unspecified atom stereocenters. The number of benzene rings is 3. The zero-order valence-corrected chi connectivity index (χ0v) is 28.2. The number of hydrogen-bond acceptors (Lipinski definition) is 8. The Morgan fingerprint density at radius 1 is 1.10 bits per heavy atom. The van der Waals surface area contributed by atoms with Gasteiger partial charge in [0.25, 0.3) is 5.91 Å². The van der Waals surface area contributed by atoms with Gasteiger partial charge >= 0.3 is 0 Å². The van der Waals surface area contributed by atoms with Crippen molar-refractivity contribution in [1.82, 2.24) is 20.1 Å². The minimum Gasteiger partial charge on any atom is -0.494 e. The van der Waals surface area contributed by atoms with E-state index >= 15 is 0 Å². The van der Waals surface area contributed by atoms with Crippen molar-refractivity contribution in [3.05, 3.63) is 100 Å². The highest BCUT2D eigenvalue weighted by Crippen LogP contribution is 2.46. The molecular weight excluding hydrogens is 672 g/mol. The van der Waals surface area contributed by atoms with E-state index in [4.69, 9.17) is 36.5 Å². The molecule has 2 amide bonds. The van der Waals surface area contributed by atoms with Crippen LogP contribution in [0.2, 0.25) is 5.02 Å². The summed E-state index contributed by atoms with van der Waals surface area (Å²) in [6, 6.07) is 15.5. The van der Waals surface area contributed by atoms with Gasteiger partial charge in [-0.05, 0) is 42.8 Å². The highest BCUT2D eigenvalue weighted by Gasteiger charge is 2.46. The molecule has 14 heteroatoms. The normalized spacial score (nSPS) is 14.5. The number of pyridine rings is 1. The molecule has 50 heavy (non-hydrogen) atoms. The largest absolute Gasteiger partial charge is 0.494 e. The number of amides is 2. The van der Waals surface area contributed by atoms with Crippen molar-refractivity contribution in [1.29, 1.82) is 0 Å². The molecule has 3 aromatic carbocycles. The van der Waals surface area contributed by atoms with Gasteiger partial charge in [0.05, 0.1) is 44.5 Å². The summed E-state index contributed by atoms with van der Waals surface area (Å²) in [6.45, 7) is 1.49. The minimum atomic E-state index is -2.01. The summed E-state index contributed by atoms with van der Waals surface area (Å²) in [7, 11) is 2.69. The number of nitrogens with two attached hydrogens (primary N) is 1. The number of alkyl halides is 1. The van der Waals surface area contributed by atoms with Gasteiger partial charge in [-0.25, -0.2) is 18.4 Å². The lowest BCUT2D eigenvalue weighted by molar-refractivity contribution is -0.117. The van der Waals surface area contributed by atoms with Crippen LogP contribution in [0, 0.1) is 5.82 Å². The summed E-state index contributed by atoms with van der Waals surface area (Å²) in [6.07, 6.45) is 1.91. The van der Waals surface area contributed by atoms with Gasteiger partial charge in [0.15, 0.2) is 11.6 Å². The third-order valence-electron chi connectivity index (χ3n) is 8.52. The van der Waals surface area contributed by atoms with E-state index in [-0.39, 0.29) is 63.4 Å². The first-order chi connectivity index (χ1) is 23.9. The number of methoxy groups -OCH3 is 2. The standard InChI is InChI=1S/C36H34ClF2N5O6/c1-4-50-32-20(17-28(40)45)16-27(42-31(32)24-10-11-25(38)33(49-3)29(24)37)36(47,23-8-6-5-7-9-23)19-41-34(46)21-14-22-18-44(35(39)12-13-35)43-30(22)26(15-21)48-2/h5-11,14-16,18,47H,4,12-13,17,19H2,1-3H3,(H2,40,45)(H,41,46)/t36-/m1/s1. The average molecular weight is 706 g/mol. The molecule has 5 aromatic rings. The molecule has 1 atom stereocenters. The number of ether oxygens (including phenoxy) is 3. The SMILES string of the molecule is CCOc1c(CC(N)=O)cc([C@@](O)(CNC(=O)c2cc(OC)c3nn(C4(F)CC4)cc3c2)c2ccccc2)nc1-c1ccc(F)c(OC)c1Cl. The predicted octanol–water partition coefficient (Wildman–Crippen LogP) is 5.42. The third-order valence-corrected chi connectivity index (χ3v) is 8.90. The molecule has 6 rings (SSSR count). The Morgan fingerprint density at radius 3 is 2.48 bits per heavy atom. The highest BCUT2D eigenvalue weighted by atomic mass is 35.5. The van der Waals surface area contributed by atoms with Crippen molar-refractivity contribution < 1.29 is 37.7 Å². The van der Waals surface area contributed by atoms with Crippen LogP contribution in [0.15, 0.2) is 66.9 Å². The fourth-order valence-corrected chi connectivity index (χ4v) is 6.12. The molecule has 11 nitrogen and oxygen atoms in total. The fraction of sp³-hybridized carbons (Fsp3) is 0.278. The van der Waals surface area contributed by atoms with Crippen molar-refractivity contribution in [2.24, 2.45) is 5.73 Å². The number of primary amides is 1. The third kappa shape index (κ3) is 6.41. The van der Waals surface area contributed by atoms with E-state index in [1.54, 1.807) is 43.3 Å². The van der Waals surface area contributed by atoms with E-state index in [0.717, 1.165) is 6.07 Å². The highest BCUT2D eigenvalue weighted by molar-refractivity contribution is 6.34. The average Bonchev–Trinajstić information content (AvgIpc) is 3.70.